The van der Waals surface area contributed by atoms with Gasteiger partial charge in [-0.15, -0.1) is 0 Å². The first-order chi connectivity index (χ1) is 4.93. The Kier molecular flexibility index (Phi) is 3.40. The molecule has 0 atom stereocenters. The predicted molar refractivity (Wildman–Crippen MR) is 36.6 cm³/mol. The van der Waals surface area contributed by atoms with Crippen LogP contribution in [0.25, 0.3) is 0 Å². The van der Waals surface area contributed by atoms with Gasteiger partial charge in [-0.05, 0) is 6.92 Å². The lowest BCUT2D eigenvalue weighted by atomic mass is 10.2. The van der Waals surface area contributed by atoms with Gasteiger partial charge >= 0.3 is 5.97 Å². The quantitative estimate of drug-likeness (QED) is 0.539. The molecule has 0 fully saturated rings. The van der Waals surface area contributed by atoms with Crippen LogP contribution >= 0.6 is 0 Å². The molecule has 5 nitrogen and oxygen atoms in total. The molecule has 0 aliphatic carbocycles. The van der Waals surface area contributed by atoms with Crippen molar-refractivity contribution < 1.29 is 24.4 Å². The van der Waals surface area contributed by atoms with Gasteiger partial charge in [0.15, 0.2) is 0 Å². The van der Waals surface area contributed by atoms with Crippen molar-refractivity contribution in [3.05, 3.63) is 0 Å². The number of rotatable bonds is 4. The largest absolute Gasteiger partial charge is 0.347 e. The van der Waals surface area contributed by atoms with Crippen LogP contribution in [0.1, 0.15) is 6.92 Å². The van der Waals surface area contributed by atoms with Crippen LogP contribution in [-0.4, -0.2) is 43.3 Å². The normalized spacial score (nSPS) is 13.6. The molecule has 2 N–H and O–H groups in total. The molecular weight excluding hydrogens is 152 g/mol. The molecule has 0 aliphatic rings. The van der Waals surface area contributed by atoms with E-state index in [4.69, 9.17) is 19.7 Å². The fourth-order valence-electron chi connectivity index (χ4n) is 0.535. The van der Waals surface area contributed by atoms with Crippen LogP contribution in [0.3, 0.4) is 0 Å². The molecule has 0 aromatic rings. The van der Waals surface area contributed by atoms with Crippen molar-refractivity contribution in [1.82, 2.24) is 0 Å². The Balaban J connectivity index is 4.47. The molecule has 0 spiro atoms. The minimum absolute atomic E-state index is 1.14. The van der Waals surface area contributed by atoms with Crippen LogP contribution in [0.5, 0.6) is 0 Å². The zero-order valence-electron chi connectivity index (χ0n) is 7.12. The smallest absolute Gasteiger partial charge is 0.335 e. The summed E-state index contributed by atoms with van der Waals surface area (Å²) in [6.07, 6.45) is 0. The highest BCUT2D eigenvalue weighted by Crippen LogP contribution is 2.24. The standard InChI is InChI=1S/C6H14O5/c1-5(9-2,10-3)6(7,8)11-4/h7-8H,1-4H3. The van der Waals surface area contributed by atoms with E-state index < -0.39 is 11.8 Å². The molecule has 0 aromatic carbocycles. The zero-order chi connectivity index (χ0) is 9.12. The zero-order valence-corrected chi connectivity index (χ0v) is 7.12. The van der Waals surface area contributed by atoms with E-state index in [1.54, 1.807) is 0 Å². The topological polar surface area (TPSA) is 68.2 Å². The molecule has 0 aliphatic heterocycles. The van der Waals surface area contributed by atoms with Crippen molar-refractivity contribution in [2.75, 3.05) is 21.3 Å². The summed E-state index contributed by atoms with van der Waals surface area (Å²) in [4.78, 5) is 0. The highest BCUT2D eigenvalue weighted by Gasteiger charge is 2.48. The van der Waals surface area contributed by atoms with Crippen LogP contribution in [-0.2, 0) is 14.2 Å². The first-order valence-corrected chi connectivity index (χ1v) is 3.03. The number of hydrogen-bond acceptors (Lipinski definition) is 5. The lowest BCUT2D eigenvalue weighted by molar-refractivity contribution is -0.456. The van der Waals surface area contributed by atoms with Gasteiger partial charge in [0.2, 0.25) is 5.79 Å². The Morgan fingerprint density at radius 3 is 1.36 bits per heavy atom. The molecule has 68 valence electrons. The van der Waals surface area contributed by atoms with Crippen LogP contribution in [0, 0.1) is 0 Å². The van der Waals surface area contributed by atoms with Crippen molar-refractivity contribution in [2.24, 2.45) is 0 Å². The second-order valence-electron chi connectivity index (χ2n) is 2.17. The van der Waals surface area contributed by atoms with Gasteiger partial charge in [-0.1, -0.05) is 0 Å². The van der Waals surface area contributed by atoms with E-state index in [9.17, 15) is 0 Å². The summed E-state index contributed by atoms with van der Waals surface area (Å²) in [5.74, 6) is -4.03. The monoisotopic (exact) mass is 166 g/mol. The Bertz CT molecular complexity index is 118. The molecule has 0 aromatic heterocycles. The molecule has 11 heavy (non-hydrogen) atoms. The molecule has 0 saturated carbocycles. The number of aliphatic hydroxyl groups is 2. The first kappa shape index (κ1) is 10.8. The molecule has 0 heterocycles. The van der Waals surface area contributed by atoms with Gasteiger partial charge in [-0.2, -0.15) is 0 Å². The minimum Gasteiger partial charge on any atom is -0.347 e. The first-order valence-electron chi connectivity index (χ1n) is 3.03. The molecule has 0 bridgehead atoms. The van der Waals surface area contributed by atoms with Gasteiger partial charge in [-0.3, -0.25) is 0 Å². The Morgan fingerprint density at radius 1 is 0.909 bits per heavy atom. The van der Waals surface area contributed by atoms with E-state index in [-0.39, 0.29) is 0 Å². The molecule has 0 radical (unpaired) electrons. The SMILES string of the molecule is COC(O)(O)C(C)(OC)OC. The maximum absolute atomic E-state index is 9.13. The predicted octanol–water partition coefficient (Wildman–Crippen LogP) is -0.720. The highest BCUT2D eigenvalue weighted by molar-refractivity contribution is 4.71. The minimum atomic E-state index is -2.45. The lowest BCUT2D eigenvalue weighted by Gasteiger charge is -2.36. The van der Waals surface area contributed by atoms with Gasteiger partial charge in [0.1, 0.15) is 0 Å². The van der Waals surface area contributed by atoms with Gasteiger partial charge in [0.25, 0.3) is 0 Å². The van der Waals surface area contributed by atoms with E-state index in [1.807, 2.05) is 0 Å². The highest BCUT2D eigenvalue weighted by atomic mass is 16.8. The van der Waals surface area contributed by atoms with Gasteiger partial charge in [0, 0.05) is 21.3 Å². The molecular formula is C6H14O5. The van der Waals surface area contributed by atoms with Crippen LogP contribution in [0.15, 0.2) is 0 Å². The lowest BCUT2D eigenvalue weighted by Crippen LogP contribution is -2.56. The van der Waals surface area contributed by atoms with Crippen LogP contribution < -0.4 is 0 Å². The Labute approximate surface area is 65.5 Å². The summed E-state index contributed by atoms with van der Waals surface area (Å²) in [6.45, 7) is 1.34. The fourth-order valence-corrected chi connectivity index (χ4v) is 0.535. The van der Waals surface area contributed by atoms with Crippen LogP contribution in [0.2, 0.25) is 0 Å². The molecule has 5 heteroatoms. The van der Waals surface area contributed by atoms with Crippen LogP contribution in [0.4, 0.5) is 0 Å². The second-order valence-corrected chi connectivity index (χ2v) is 2.17. The summed E-state index contributed by atoms with van der Waals surface area (Å²) in [5.41, 5.74) is 0. The van der Waals surface area contributed by atoms with Crippen molar-refractivity contribution >= 4 is 0 Å². The number of methoxy groups -OCH3 is 3. The molecule has 0 unspecified atom stereocenters. The fraction of sp³-hybridized carbons (Fsp3) is 1.00. The molecule has 0 amide bonds. The van der Waals surface area contributed by atoms with Gasteiger partial charge < -0.3 is 24.4 Å². The third-order valence-corrected chi connectivity index (χ3v) is 1.66. The van der Waals surface area contributed by atoms with Gasteiger partial charge in [-0.25, -0.2) is 0 Å². The number of ether oxygens (including phenoxy) is 3. The maximum Gasteiger partial charge on any atom is 0.335 e. The Morgan fingerprint density at radius 2 is 1.27 bits per heavy atom. The summed E-state index contributed by atoms with van der Waals surface area (Å²) in [6, 6.07) is 0. The summed E-state index contributed by atoms with van der Waals surface area (Å²) in [5, 5.41) is 18.3. The van der Waals surface area contributed by atoms with E-state index in [0.717, 1.165) is 7.11 Å². The van der Waals surface area contributed by atoms with E-state index in [2.05, 4.69) is 4.74 Å². The second kappa shape index (κ2) is 3.46. The molecule has 0 rings (SSSR count). The Hall–Kier alpha value is -0.200. The van der Waals surface area contributed by atoms with Crippen molar-refractivity contribution in [3.8, 4) is 0 Å². The van der Waals surface area contributed by atoms with Crippen molar-refractivity contribution in [2.45, 2.75) is 18.7 Å². The maximum atomic E-state index is 9.13. The summed E-state index contributed by atoms with van der Waals surface area (Å²) < 4.78 is 13.7. The average molecular weight is 166 g/mol. The third-order valence-electron chi connectivity index (χ3n) is 1.66. The average Bonchev–Trinajstić information content (AvgIpc) is 2.02. The van der Waals surface area contributed by atoms with E-state index in [1.165, 1.54) is 21.1 Å². The van der Waals surface area contributed by atoms with Gasteiger partial charge in [0.05, 0.1) is 0 Å². The summed E-state index contributed by atoms with van der Waals surface area (Å²) >= 11 is 0. The van der Waals surface area contributed by atoms with Crippen molar-refractivity contribution in [1.29, 1.82) is 0 Å². The van der Waals surface area contributed by atoms with E-state index in [0.29, 0.717) is 0 Å². The van der Waals surface area contributed by atoms with E-state index >= 15 is 0 Å². The van der Waals surface area contributed by atoms with Crippen molar-refractivity contribution in [3.63, 3.8) is 0 Å². The third kappa shape index (κ3) is 1.88. The summed E-state index contributed by atoms with van der Waals surface area (Å²) in [7, 11) is 3.70. The molecule has 0 saturated heterocycles. The number of hydrogen-bond donors (Lipinski definition) is 2.